The Labute approximate surface area is 147 Å². The van der Waals surface area contributed by atoms with Crippen LogP contribution in [0.1, 0.15) is 26.7 Å². The Morgan fingerprint density at radius 3 is 2.84 bits per heavy atom. The average molecular weight is 337 g/mol. The molecule has 1 unspecified atom stereocenters. The number of nitrogens with one attached hydrogen (secondary N) is 2. The van der Waals surface area contributed by atoms with Crippen molar-refractivity contribution in [3.05, 3.63) is 48.9 Å². The summed E-state index contributed by atoms with van der Waals surface area (Å²) < 4.78 is 1.96. The van der Waals surface area contributed by atoms with Gasteiger partial charge in [-0.3, -0.25) is 14.2 Å². The number of carbonyl (C=O) groups is 1. The van der Waals surface area contributed by atoms with E-state index in [9.17, 15) is 4.79 Å². The van der Waals surface area contributed by atoms with E-state index in [2.05, 4.69) is 27.5 Å². The fourth-order valence-corrected chi connectivity index (χ4v) is 2.62. The van der Waals surface area contributed by atoms with E-state index < -0.39 is 0 Å². The highest BCUT2D eigenvalue weighted by atomic mass is 16.1. The van der Waals surface area contributed by atoms with Gasteiger partial charge in [0.25, 0.3) is 0 Å². The summed E-state index contributed by atoms with van der Waals surface area (Å²) in [6.45, 7) is 4.61. The lowest BCUT2D eigenvalue weighted by molar-refractivity contribution is -0.121. The standard InChI is InChI=1S/C19H23N5O/c1-3-14(2)22-17(25)9-10-21-19-18(15-7-5-4-6-8-15)23-16-13-20-11-12-24(16)19/h4-8,11-14,21H,3,9-10H2,1-2H3,(H,22,25). The highest BCUT2D eigenvalue weighted by molar-refractivity contribution is 5.78. The summed E-state index contributed by atoms with van der Waals surface area (Å²) in [5.41, 5.74) is 2.65. The highest BCUT2D eigenvalue weighted by Crippen LogP contribution is 2.28. The highest BCUT2D eigenvalue weighted by Gasteiger charge is 2.14. The Balaban J connectivity index is 1.79. The van der Waals surface area contributed by atoms with Crippen LogP contribution in [-0.4, -0.2) is 32.9 Å². The molecular weight excluding hydrogens is 314 g/mol. The smallest absolute Gasteiger partial charge is 0.221 e. The number of imidazole rings is 1. The van der Waals surface area contributed by atoms with Crippen LogP contribution >= 0.6 is 0 Å². The van der Waals surface area contributed by atoms with E-state index in [1.807, 2.05) is 47.9 Å². The predicted octanol–water partition coefficient (Wildman–Crippen LogP) is 3.11. The molecule has 130 valence electrons. The summed E-state index contributed by atoms with van der Waals surface area (Å²) in [6, 6.07) is 10.2. The van der Waals surface area contributed by atoms with Crippen LogP contribution in [-0.2, 0) is 4.79 Å². The van der Waals surface area contributed by atoms with Gasteiger partial charge in [0.05, 0.1) is 6.20 Å². The molecule has 2 heterocycles. The number of hydrogen-bond acceptors (Lipinski definition) is 4. The monoisotopic (exact) mass is 337 g/mol. The molecule has 3 rings (SSSR count). The van der Waals surface area contributed by atoms with Crippen LogP contribution in [0, 0.1) is 0 Å². The zero-order valence-corrected chi connectivity index (χ0v) is 14.6. The fraction of sp³-hybridized carbons (Fsp3) is 0.316. The quantitative estimate of drug-likeness (QED) is 0.695. The first-order chi connectivity index (χ1) is 12.2. The molecule has 1 amide bonds. The minimum Gasteiger partial charge on any atom is -0.369 e. The minimum absolute atomic E-state index is 0.0543. The molecule has 1 aromatic carbocycles. The Morgan fingerprint density at radius 1 is 1.28 bits per heavy atom. The summed E-state index contributed by atoms with van der Waals surface area (Å²) >= 11 is 0. The number of rotatable bonds is 7. The van der Waals surface area contributed by atoms with Gasteiger partial charge in [-0.2, -0.15) is 0 Å². The number of hydrogen-bond donors (Lipinski definition) is 2. The second-order valence-electron chi connectivity index (χ2n) is 6.03. The van der Waals surface area contributed by atoms with Gasteiger partial charge in [0.15, 0.2) is 5.65 Å². The molecule has 3 aromatic rings. The third-order valence-corrected chi connectivity index (χ3v) is 4.14. The summed E-state index contributed by atoms with van der Waals surface area (Å²) in [4.78, 5) is 20.8. The van der Waals surface area contributed by atoms with E-state index in [-0.39, 0.29) is 11.9 Å². The Kier molecular flexibility index (Phi) is 5.28. The third-order valence-electron chi connectivity index (χ3n) is 4.14. The van der Waals surface area contributed by atoms with Crippen LogP contribution < -0.4 is 10.6 Å². The van der Waals surface area contributed by atoms with Crippen molar-refractivity contribution in [2.75, 3.05) is 11.9 Å². The molecule has 0 aliphatic heterocycles. The lowest BCUT2D eigenvalue weighted by Gasteiger charge is -2.12. The maximum atomic E-state index is 12.0. The number of fused-ring (bicyclic) bond motifs is 1. The van der Waals surface area contributed by atoms with Crippen molar-refractivity contribution in [1.82, 2.24) is 19.7 Å². The SMILES string of the molecule is CCC(C)NC(=O)CCNc1c(-c2ccccc2)nc2cnccn12. The minimum atomic E-state index is 0.0543. The molecule has 6 heteroatoms. The van der Waals surface area contributed by atoms with Crippen molar-refractivity contribution < 1.29 is 4.79 Å². The molecule has 0 bridgehead atoms. The third kappa shape index (κ3) is 3.96. The van der Waals surface area contributed by atoms with Crippen LogP contribution in [0.4, 0.5) is 5.82 Å². The fourth-order valence-electron chi connectivity index (χ4n) is 2.62. The van der Waals surface area contributed by atoms with E-state index in [4.69, 9.17) is 0 Å². The molecule has 0 spiro atoms. The first-order valence-corrected chi connectivity index (χ1v) is 8.59. The first kappa shape index (κ1) is 17.0. The molecule has 0 fully saturated rings. The molecule has 0 aliphatic carbocycles. The molecule has 0 aliphatic rings. The topological polar surface area (TPSA) is 71.3 Å². The molecule has 0 saturated carbocycles. The lowest BCUT2D eigenvalue weighted by Crippen LogP contribution is -2.33. The van der Waals surface area contributed by atoms with Crippen molar-refractivity contribution in [2.24, 2.45) is 0 Å². The van der Waals surface area contributed by atoms with E-state index in [0.717, 1.165) is 29.1 Å². The number of aromatic nitrogens is 3. The Morgan fingerprint density at radius 2 is 2.08 bits per heavy atom. The molecule has 0 saturated heterocycles. The number of benzene rings is 1. The summed E-state index contributed by atoms with van der Waals surface area (Å²) in [7, 11) is 0. The van der Waals surface area contributed by atoms with Gasteiger partial charge in [0, 0.05) is 37.0 Å². The normalized spacial score (nSPS) is 12.1. The molecule has 6 nitrogen and oxygen atoms in total. The summed E-state index contributed by atoms with van der Waals surface area (Å²) in [5.74, 6) is 0.929. The molecule has 1 atom stereocenters. The van der Waals surface area contributed by atoms with Crippen LogP contribution in [0.25, 0.3) is 16.9 Å². The summed E-state index contributed by atoms with van der Waals surface area (Å²) in [5, 5.41) is 6.35. The zero-order valence-electron chi connectivity index (χ0n) is 14.6. The van der Waals surface area contributed by atoms with Crippen molar-refractivity contribution in [1.29, 1.82) is 0 Å². The second kappa shape index (κ2) is 7.79. The predicted molar refractivity (Wildman–Crippen MR) is 99.4 cm³/mol. The van der Waals surface area contributed by atoms with Crippen molar-refractivity contribution in [2.45, 2.75) is 32.7 Å². The van der Waals surface area contributed by atoms with Crippen molar-refractivity contribution in [3.63, 3.8) is 0 Å². The lowest BCUT2D eigenvalue weighted by atomic mass is 10.1. The van der Waals surface area contributed by atoms with E-state index in [1.165, 1.54) is 0 Å². The zero-order chi connectivity index (χ0) is 17.6. The molecule has 2 aromatic heterocycles. The maximum absolute atomic E-state index is 12.0. The van der Waals surface area contributed by atoms with Crippen LogP contribution in [0.15, 0.2) is 48.9 Å². The average Bonchev–Trinajstić information content (AvgIpc) is 3.01. The van der Waals surface area contributed by atoms with E-state index in [0.29, 0.717) is 13.0 Å². The van der Waals surface area contributed by atoms with Gasteiger partial charge in [-0.1, -0.05) is 37.3 Å². The first-order valence-electron chi connectivity index (χ1n) is 8.59. The Hall–Kier alpha value is -2.89. The van der Waals surface area contributed by atoms with Gasteiger partial charge in [-0.25, -0.2) is 4.98 Å². The molecule has 2 N–H and O–H groups in total. The number of amides is 1. The van der Waals surface area contributed by atoms with Gasteiger partial charge in [0.2, 0.25) is 5.91 Å². The van der Waals surface area contributed by atoms with E-state index >= 15 is 0 Å². The van der Waals surface area contributed by atoms with Crippen LogP contribution in [0.5, 0.6) is 0 Å². The summed E-state index contributed by atoms with van der Waals surface area (Å²) in [6.07, 6.45) is 6.67. The molecular formula is C19H23N5O. The molecule has 25 heavy (non-hydrogen) atoms. The van der Waals surface area contributed by atoms with Gasteiger partial charge in [0.1, 0.15) is 11.5 Å². The van der Waals surface area contributed by atoms with Crippen LogP contribution in [0.2, 0.25) is 0 Å². The van der Waals surface area contributed by atoms with Crippen LogP contribution in [0.3, 0.4) is 0 Å². The maximum Gasteiger partial charge on any atom is 0.221 e. The second-order valence-corrected chi connectivity index (χ2v) is 6.03. The number of carbonyl (C=O) groups excluding carboxylic acids is 1. The number of anilines is 1. The van der Waals surface area contributed by atoms with Gasteiger partial charge in [-0.05, 0) is 13.3 Å². The Bertz CT molecular complexity index is 843. The van der Waals surface area contributed by atoms with Gasteiger partial charge in [-0.15, -0.1) is 0 Å². The largest absolute Gasteiger partial charge is 0.369 e. The van der Waals surface area contributed by atoms with Gasteiger partial charge >= 0.3 is 0 Å². The number of nitrogens with zero attached hydrogens (tertiary/aromatic N) is 3. The van der Waals surface area contributed by atoms with Crippen molar-refractivity contribution >= 4 is 17.4 Å². The molecule has 0 radical (unpaired) electrons. The van der Waals surface area contributed by atoms with Crippen molar-refractivity contribution in [3.8, 4) is 11.3 Å². The van der Waals surface area contributed by atoms with E-state index in [1.54, 1.807) is 12.4 Å². The van der Waals surface area contributed by atoms with Gasteiger partial charge < -0.3 is 10.6 Å².